The fourth-order valence-electron chi connectivity index (χ4n) is 4.65. The quantitative estimate of drug-likeness (QED) is 0.363. The lowest BCUT2D eigenvalue weighted by atomic mass is 9.95. The van der Waals surface area contributed by atoms with Crippen molar-refractivity contribution in [1.29, 1.82) is 0 Å². The molecule has 0 aromatic heterocycles. The maximum atomic E-state index is 13.8. The van der Waals surface area contributed by atoms with E-state index in [2.05, 4.69) is 5.32 Å². The first kappa shape index (κ1) is 30.5. The summed E-state index contributed by atoms with van der Waals surface area (Å²) in [6.07, 6.45) is 6.44. The van der Waals surface area contributed by atoms with Crippen LogP contribution in [0.4, 0.5) is 5.69 Å². The summed E-state index contributed by atoms with van der Waals surface area (Å²) in [5.41, 5.74) is 1.72. The highest BCUT2D eigenvalue weighted by atomic mass is 35.5. The summed E-state index contributed by atoms with van der Waals surface area (Å²) in [5.74, 6) is -0.777. The van der Waals surface area contributed by atoms with E-state index in [-0.39, 0.29) is 24.2 Å². The number of hydrogen-bond acceptors (Lipinski definition) is 4. The van der Waals surface area contributed by atoms with Crippen molar-refractivity contribution in [2.24, 2.45) is 0 Å². The number of carbonyl (C=O) groups excluding carboxylic acids is 2. The zero-order chi connectivity index (χ0) is 28.0. The number of sulfonamides is 1. The van der Waals surface area contributed by atoms with Gasteiger partial charge in [0.15, 0.2) is 0 Å². The van der Waals surface area contributed by atoms with Crippen LogP contribution in [0.15, 0.2) is 36.4 Å². The van der Waals surface area contributed by atoms with Crippen molar-refractivity contribution in [2.45, 2.75) is 71.0 Å². The molecule has 0 saturated heterocycles. The summed E-state index contributed by atoms with van der Waals surface area (Å²) in [6, 6.07) is 9.07. The van der Waals surface area contributed by atoms with Crippen molar-refractivity contribution < 1.29 is 18.0 Å². The predicted molar refractivity (Wildman–Crippen MR) is 154 cm³/mol. The van der Waals surface area contributed by atoms with Gasteiger partial charge in [0.2, 0.25) is 21.8 Å². The zero-order valence-corrected chi connectivity index (χ0v) is 24.9. The molecule has 0 spiro atoms. The Bertz CT molecular complexity index is 1270. The molecular weight excluding hydrogens is 569 g/mol. The third kappa shape index (κ3) is 8.01. The molecule has 2 aromatic carbocycles. The molecule has 3 rings (SSSR count). The second-order valence-electron chi connectivity index (χ2n) is 9.74. The summed E-state index contributed by atoms with van der Waals surface area (Å²) in [6.45, 7) is 3.19. The molecule has 38 heavy (non-hydrogen) atoms. The van der Waals surface area contributed by atoms with E-state index in [0.29, 0.717) is 27.1 Å². The van der Waals surface area contributed by atoms with Gasteiger partial charge >= 0.3 is 0 Å². The summed E-state index contributed by atoms with van der Waals surface area (Å²) in [7, 11) is -3.85. The summed E-state index contributed by atoms with van der Waals surface area (Å²) >= 11 is 18.6. The number of nitrogens with one attached hydrogen (secondary N) is 1. The average molecular weight is 603 g/mol. The number of aryl methyl sites for hydroxylation is 1. The highest BCUT2D eigenvalue weighted by molar-refractivity contribution is 7.92. The number of carbonyl (C=O) groups is 2. The largest absolute Gasteiger partial charge is 0.352 e. The Labute approximate surface area is 240 Å². The van der Waals surface area contributed by atoms with E-state index >= 15 is 0 Å². The van der Waals surface area contributed by atoms with Crippen molar-refractivity contribution >= 4 is 62.3 Å². The zero-order valence-electron chi connectivity index (χ0n) is 21.8. The summed E-state index contributed by atoms with van der Waals surface area (Å²) < 4.78 is 26.5. The van der Waals surface area contributed by atoms with Crippen LogP contribution in [0.5, 0.6) is 0 Å². The predicted octanol–water partition coefficient (Wildman–Crippen LogP) is 5.98. The lowest BCUT2D eigenvalue weighted by Crippen LogP contribution is -2.53. The first-order valence-electron chi connectivity index (χ1n) is 12.7. The Hall–Kier alpha value is -2.00. The molecule has 1 fully saturated rings. The van der Waals surface area contributed by atoms with E-state index in [1.54, 1.807) is 37.3 Å². The van der Waals surface area contributed by atoms with E-state index in [0.717, 1.165) is 48.2 Å². The monoisotopic (exact) mass is 601 g/mol. The van der Waals surface area contributed by atoms with Gasteiger partial charge in [-0.2, -0.15) is 0 Å². The van der Waals surface area contributed by atoms with Crippen molar-refractivity contribution in [1.82, 2.24) is 10.2 Å². The maximum absolute atomic E-state index is 13.8. The van der Waals surface area contributed by atoms with Crippen molar-refractivity contribution in [3.8, 4) is 0 Å². The third-order valence-electron chi connectivity index (χ3n) is 6.80. The molecule has 7 nitrogen and oxygen atoms in total. The van der Waals surface area contributed by atoms with Crippen LogP contribution in [0.1, 0.15) is 56.6 Å². The second kappa shape index (κ2) is 13.4. The summed E-state index contributed by atoms with van der Waals surface area (Å²) in [4.78, 5) is 28.7. The van der Waals surface area contributed by atoms with Gasteiger partial charge in [0.05, 0.1) is 22.0 Å². The lowest BCUT2D eigenvalue weighted by molar-refractivity contribution is -0.140. The molecule has 0 bridgehead atoms. The molecule has 0 aliphatic heterocycles. The second-order valence-corrected chi connectivity index (χ2v) is 12.9. The normalized spacial score (nSPS) is 15.1. The van der Waals surface area contributed by atoms with Crippen LogP contribution >= 0.6 is 34.8 Å². The van der Waals surface area contributed by atoms with E-state index in [9.17, 15) is 18.0 Å². The van der Waals surface area contributed by atoms with Crippen LogP contribution in [-0.2, 0) is 26.2 Å². The molecule has 1 saturated carbocycles. The van der Waals surface area contributed by atoms with E-state index < -0.39 is 28.5 Å². The topological polar surface area (TPSA) is 86.8 Å². The number of nitrogens with zero attached hydrogens (tertiary/aromatic N) is 2. The maximum Gasteiger partial charge on any atom is 0.244 e. The Morgan fingerprint density at radius 1 is 1.00 bits per heavy atom. The fourth-order valence-corrected chi connectivity index (χ4v) is 5.99. The van der Waals surface area contributed by atoms with Crippen LogP contribution in [0.25, 0.3) is 0 Å². The Kier molecular flexibility index (Phi) is 10.7. The first-order valence-corrected chi connectivity index (χ1v) is 15.7. The van der Waals surface area contributed by atoms with Crippen LogP contribution in [0, 0.1) is 6.92 Å². The minimum Gasteiger partial charge on any atom is -0.352 e. The molecule has 0 unspecified atom stereocenters. The van der Waals surface area contributed by atoms with Crippen molar-refractivity contribution in [3.63, 3.8) is 0 Å². The molecule has 208 valence electrons. The van der Waals surface area contributed by atoms with Gasteiger partial charge in [-0.15, -0.1) is 0 Å². The first-order chi connectivity index (χ1) is 17.9. The van der Waals surface area contributed by atoms with Gasteiger partial charge in [-0.05, 0) is 61.6 Å². The highest BCUT2D eigenvalue weighted by Crippen LogP contribution is 2.27. The SMILES string of the molecule is CC[C@H](C(=O)NC1CCCCC1)N(Cc1ccc(Cl)c(Cl)c1)C(=O)CN(c1ccc(C)c(Cl)c1)S(C)(=O)=O. The number of benzene rings is 2. The minimum absolute atomic E-state index is 0.0541. The molecule has 11 heteroatoms. The van der Waals surface area contributed by atoms with E-state index in [1.807, 2.05) is 6.92 Å². The highest BCUT2D eigenvalue weighted by Gasteiger charge is 2.33. The average Bonchev–Trinajstić information content (AvgIpc) is 2.86. The van der Waals surface area contributed by atoms with Gasteiger partial charge in [-0.3, -0.25) is 13.9 Å². The standard InChI is InChI=1S/C27H34Cl3N3O4S/c1-4-25(27(35)31-20-8-6-5-7-9-20)32(16-19-11-13-22(28)24(30)14-19)26(34)17-33(38(3,36)37)21-12-10-18(2)23(29)15-21/h10-15,20,25H,4-9,16-17H2,1-3H3,(H,31,35)/t25-/m1/s1. The number of rotatable bonds is 10. The molecule has 1 atom stereocenters. The molecule has 1 aliphatic rings. The van der Waals surface area contributed by atoms with Crippen LogP contribution in [0.2, 0.25) is 15.1 Å². The van der Waals surface area contributed by atoms with Gasteiger partial charge in [-0.25, -0.2) is 8.42 Å². The number of hydrogen-bond donors (Lipinski definition) is 1. The van der Waals surface area contributed by atoms with Gasteiger partial charge in [0.1, 0.15) is 12.6 Å². The molecule has 2 aromatic rings. The summed E-state index contributed by atoms with van der Waals surface area (Å²) in [5, 5.41) is 4.19. The van der Waals surface area contributed by atoms with Crippen molar-refractivity contribution in [3.05, 3.63) is 62.6 Å². The molecule has 1 N–H and O–H groups in total. The Morgan fingerprint density at radius 3 is 2.26 bits per heavy atom. The van der Waals surface area contributed by atoms with Crippen molar-refractivity contribution in [2.75, 3.05) is 17.1 Å². The molecule has 1 aliphatic carbocycles. The molecule has 2 amide bonds. The molecular formula is C27H34Cl3N3O4S. The van der Waals surface area contributed by atoms with E-state index in [1.165, 1.54) is 11.0 Å². The van der Waals surface area contributed by atoms with Crippen LogP contribution in [-0.4, -0.2) is 50.0 Å². The number of anilines is 1. The molecule has 0 heterocycles. The number of amides is 2. The third-order valence-corrected chi connectivity index (χ3v) is 9.08. The van der Waals surface area contributed by atoms with Crippen LogP contribution in [0.3, 0.4) is 0 Å². The van der Waals surface area contributed by atoms with Gasteiger partial charge < -0.3 is 10.2 Å². The van der Waals surface area contributed by atoms with Gasteiger partial charge in [-0.1, -0.05) is 73.1 Å². The Morgan fingerprint density at radius 2 is 1.68 bits per heavy atom. The lowest BCUT2D eigenvalue weighted by Gasteiger charge is -2.34. The Balaban J connectivity index is 1.94. The van der Waals surface area contributed by atoms with Gasteiger partial charge in [0, 0.05) is 17.6 Å². The smallest absolute Gasteiger partial charge is 0.244 e. The van der Waals surface area contributed by atoms with Crippen LogP contribution < -0.4 is 9.62 Å². The molecule has 0 radical (unpaired) electrons. The van der Waals surface area contributed by atoms with Gasteiger partial charge in [0.25, 0.3) is 0 Å². The minimum atomic E-state index is -3.85. The fraction of sp³-hybridized carbons (Fsp3) is 0.481. The number of halogens is 3. The van der Waals surface area contributed by atoms with E-state index in [4.69, 9.17) is 34.8 Å².